The van der Waals surface area contributed by atoms with Gasteiger partial charge in [0.25, 0.3) is 0 Å². The molecule has 2 aromatic rings. The summed E-state index contributed by atoms with van der Waals surface area (Å²) in [5.41, 5.74) is 5.21. The summed E-state index contributed by atoms with van der Waals surface area (Å²) >= 11 is 6.04. The lowest BCUT2D eigenvalue weighted by molar-refractivity contribution is -0.136. The number of piperazine rings is 1. The van der Waals surface area contributed by atoms with E-state index >= 15 is 0 Å². The van der Waals surface area contributed by atoms with Gasteiger partial charge in [0.05, 0.1) is 6.04 Å². The van der Waals surface area contributed by atoms with Gasteiger partial charge in [0.15, 0.2) is 0 Å². The number of carbonyl (C=O) groups excluding carboxylic acids is 2. The lowest BCUT2D eigenvalue weighted by atomic mass is 9.95. The third-order valence-electron chi connectivity index (χ3n) is 6.93. The van der Waals surface area contributed by atoms with E-state index in [9.17, 15) is 9.59 Å². The van der Waals surface area contributed by atoms with Crippen LogP contribution in [0.5, 0.6) is 0 Å². The van der Waals surface area contributed by atoms with Crippen molar-refractivity contribution in [1.82, 2.24) is 15.1 Å². The maximum absolute atomic E-state index is 12.7. The van der Waals surface area contributed by atoms with Crippen LogP contribution in [-0.2, 0) is 16.0 Å². The van der Waals surface area contributed by atoms with Gasteiger partial charge in [-0.3, -0.25) is 14.5 Å². The molecule has 4 rings (SSSR count). The number of amides is 2. The predicted octanol–water partition coefficient (Wildman–Crippen LogP) is 3.07. The van der Waals surface area contributed by atoms with Crippen LogP contribution in [0.3, 0.4) is 0 Å². The molecule has 2 N–H and O–H groups in total. The number of rotatable bonds is 5. The van der Waals surface area contributed by atoms with E-state index in [1.807, 2.05) is 13.0 Å². The summed E-state index contributed by atoms with van der Waals surface area (Å²) in [6, 6.07) is 11.9. The molecule has 7 nitrogen and oxygen atoms in total. The predicted molar refractivity (Wildman–Crippen MR) is 138 cm³/mol. The second-order valence-electron chi connectivity index (χ2n) is 9.39. The zero-order chi connectivity index (χ0) is 24.2. The van der Waals surface area contributed by atoms with Gasteiger partial charge in [-0.15, -0.1) is 0 Å². The molecule has 0 spiro atoms. The number of hydrogen-bond acceptors (Lipinski definition) is 5. The van der Waals surface area contributed by atoms with E-state index in [2.05, 4.69) is 57.6 Å². The molecule has 0 saturated carbocycles. The Hall–Kier alpha value is -2.61. The van der Waals surface area contributed by atoms with Crippen molar-refractivity contribution >= 4 is 34.8 Å². The van der Waals surface area contributed by atoms with E-state index in [1.165, 1.54) is 16.8 Å². The van der Waals surface area contributed by atoms with Gasteiger partial charge in [0.1, 0.15) is 0 Å². The Morgan fingerprint density at radius 2 is 1.76 bits per heavy atom. The topological polar surface area (TPSA) is 67.9 Å². The van der Waals surface area contributed by atoms with Gasteiger partial charge < -0.3 is 20.4 Å². The first-order chi connectivity index (χ1) is 16.3. The van der Waals surface area contributed by atoms with Crippen molar-refractivity contribution in [2.45, 2.75) is 25.8 Å². The van der Waals surface area contributed by atoms with Gasteiger partial charge in [-0.2, -0.15) is 0 Å². The molecule has 34 heavy (non-hydrogen) atoms. The third kappa shape index (κ3) is 5.71. The third-order valence-corrected chi connectivity index (χ3v) is 7.16. The summed E-state index contributed by atoms with van der Waals surface area (Å²) in [4.78, 5) is 32.3. The highest BCUT2D eigenvalue weighted by Crippen LogP contribution is 2.31. The average molecular weight is 484 g/mol. The minimum absolute atomic E-state index is 0.0101. The monoisotopic (exact) mass is 483 g/mol. The maximum atomic E-state index is 12.7. The molecule has 0 aromatic heterocycles. The molecule has 2 heterocycles. The van der Waals surface area contributed by atoms with E-state index in [0.29, 0.717) is 17.3 Å². The van der Waals surface area contributed by atoms with E-state index in [4.69, 9.17) is 11.6 Å². The highest BCUT2D eigenvalue weighted by molar-refractivity contribution is 6.40. The van der Waals surface area contributed by atoms with E-state index in [1.54, 1.807) is 12.1 Å². The number of nitrogens with one attached hydrogen (secondary N) is 2. The number of anilines is 2. The molecule has 1 atom stereocenters. The molecule has 0 aliphatic carbocycles. The molecule has 1 fully saturated rings. The molecule has 1 saturated heterocycles. The first-order valence-corrected chi connectivity index (χ1v) is 12.3. The van der Waals surface area contributed by atoms with Crippen molar-refractivity contribution in [3.63, 3.8) is 0 Å². The standard InChI is InChI=1S/C26H34ClN5O2/c1-18-6-8-21(27)16-22(18)29-26(34)25(33)28-17-24(32-13-11-30(2)12-14-32)20-7-9-23-19(15-20)5-4-10-31(23)3/h6-9,15-16,24H,4-5,10-14,17H2,1-3H3,(H,28,33)(H,29,34)/t24-/m1/s1. The Bertz CT molecular complexity index is 1050. The van der Waals surface area contributed by atoms with Crippen LogP contribution >= 0.6 is 11.6 Å². The minimum atomic E-state index is -0.686. The molecule has 2 aliphatic rings. The number of benzene rings is 2. The van der Waals surface area contributed by atoms with Crippen LogP contribution in [0.2, 0.25) is 5.02 Å². The first-order valence-electron chi connectivity index (χ1n) is 11.9. The average Bonchev–Trinajstić information content (AvgIpc) is 2.82. The van der Waals surface area contributed by atoms with Crippen LogP contribution in [0, 0.1) is 6.92 Å². The second kappa shape index (κ2) is 10.8. The Morgan fingerprint density at radius 1 is 1.00 bits per heavy atom. The maximum Gasteiger partial charge on any atom is 0.313 e. The van der Waals surface area contributed by atoms with Gasteiger partial charge in [-0.25, -0.2) is 0 Å². The van der Waals surface area contributed by atoms with Crippen LogP contribution < -0.4 is 15.5 Å². The molecular weight excluding hydrogens is 450 g/mol. The Morgan fingerprint density at radius 3 is 2.53 bits per heavy atom. The Kier molecular flexibility index (Phi) is 7.76. The van der Waals surface area contributed by atoms with Crippen molar-refractivity contribution in [2.24, 2.45) is 0 Å². The van der Waals surface area contributed by atoms with Gasteiger partial charge in [-0.05, 0) is 61.7 Å². The van der Waals surface area contributed by atoms with Crippen LogP contribution in [0.25, 0.3) is 0 Å². The Labute approximate surface area is 207 Å². The van der Waals surface area contributed by atoms with E-state index < -0.39 is 11.8 Å². The zero-order valence-electron chi connectivity index (χ0n) is 20.2. The molecule has 8 heteroatoms. The smallest absolute Gasteiger partial charge is 0.313 e. The first kappa shape index (κ1) is 24.5. The summed E-state index contributed by atoms with van der Waals surface area (Å²) in [6.45, 7) is 7.11. The SMILES string of the molecule is Cc1ccc(Cl)cc1NC(=O)C(=O)NC[C@H](c1ccc2c(c1)CCCN2C)N1CCN(C)CC1. The fourth-order valence-electron chi connectivity index (χ4n) is 4.78. The zero-order valence-corrected chi connectivity index (χ0v) is 21.0. The summed E-state index contributed by atoms with van der Waals surface area (Å²) in [6.07, 6.45) is 2.21. The highest BCUT2D eigenvalue weighted by atomic mass is 35.5. The molecule has 0 radical (unpaired) electrons. The number of halogens is 1. The molecule has 182 valence electrons. The highest BCUT2D eigenvalue weighted by Gasteiger charge is 2.27. The van der Waals surface area contributed by atoms with Crippen molar-refractivity contribution < 1.29 is 9.59 Å². The van der Waals surface area contributed by atoms with Crippen LogP contribution in [0.15, 0.2) is 36.4 Å². The molecule has 2 amide bonds. The largest absolute Gasteiger partial charge is 0.374 e. The van der Waals surface area contributed by atoms with Crippen molar-refractivity contribution in [3.05, 3.63) is 58.1 Å². The van der Waals surface area contributed by atoms with Gasteiger partial charge >= 0.3 is 11.8 Å². The second-order valence-corrected chi connectivity index (χ2v) is 9.83. The number of nitrogens with zero attached hydrogens (tertiary/aromatic N) is 3. The molecule has 2 aliphatic heterocycles. The quantitative estimate of drug-likeness (QED) is 0.640. The number of hydrogen-bond donors (Lipinski definition) is 2. The number of likely N-dealkylation sites (N-methyl/N-ethyl adjacent to an activating group) is 1. The van der Waals surface area contributed by atoms with Crippen molar-refractivity contribution in [1.29, 1.82) is 0 Å². The summed E-state index contributed by atoms with van der Waals surface area (Å²) in [5, 5.41) is 6.08. The van der Waals surface area contributed by atoms with Crippen molar-refractivity contribution in [2.75, 3.05) is 63.6 Å². The number of aryl methyl sites for hydroxylation is 2. The van der Waals surface area contributed by atoms with Crippen LogP contribution in [0.1, 0.15) is 29.2 Å². The lowest BCUT2D eigenvalue weighted by Crippen LogP contribution is -2.49. The van der Waals surface area contributed by atoms with Gasteiger partial charge in [0, 0.05) is 62.7 Å². The van der Waals surface area contributed by atoms with E-state index in [0.717, 1.165) is 51.1 Å². The Balaban J connectivity index is 1.48. The van der Waals surface area contributed by atoms with Crippen LogP contribution in [0.4, 0.5) is 11.4 Å². The number of fused-ring (bicyclic) bond motifs is 1. The van der Waals surface area contributed by atoms with Gasteiger partial charge in [0.2, 0.25) is 0 Å². The lowest BCUT2D eigenvalue weighted by Gasteiger charge is -2.39. The summed E-state index contributed by atoms with van der Waals surface area (Å²) in [5.74, 6) is -1.33. The molecule has 0 unspecified atom stereocenters. The summed E-state index contributed by atoms with van der Waals surface area (Å²) in [7, 11) is 4.26. The van der Waals surface area contributed by atoms with Gasteiger partial charge in [-0.1, -0.05) is 29.8 Å². The van der Waals surface area contributed by atoms with Crippen LogP contribution in [-0.4, -0.2) is 75.0 Å². The molecule has 0 bridgehead atoms. The molecular formula is C26H34ClN5O2. The minimum Gasteiger partial charge on any atom is -0.374 e. The summed E-state index contributed by atoms with van der Waals surface area (Å²) < 4.78 is 0. The number of carbonyl (C=O) groups is 2. The van der Waals surface area contributed by atoms with E-state index in [-0.39, 0.29) is 6.04 Å². The molecule has 2 aromatic carbocycles. The fraction of sp³-hybridized carbons (Fsp3) is 0.462. The normalized spacial score (nSPS) is 17.7. The fourth-order valence-corrected chi connectivity index (χ4v) is 4.95. The van der Waals surface area contributed by atoms with Crippen molar-refractivity contribution in [3.8, 4) is 0 Å².